The van der Waals surface area contributed by atoms with E-state index in [1.165, 1.54) is 16.7 Å². The normalized spacial score (nSPS) is 18.5. The molecule has 2 fully saturated rings. The fourth-order valence-electron chi connectivity index (χ4n) is 4.43. The molecule has 2 aromatic carbocycles. The maximum absolute atomic E-state index is 12.3. The van der Waals surface area contributed by atoms with Gasteiger partial charge in [-0.1, -0.05) is 80.2 Å². The molecule has 0 radical (unpaired) electrons. The Morgan fingerprint density at radius 1 is 1.03 bits per heavy atom. The van der Waals surface area contributed by atoms with Gasteiger partial charge < -0.3 is 4.74 Å². The SMILES string of the molecule is C=C1N(CCC)C(=O)OC12CCN(CC=C(c1ccccc1)c1ccccc1)CC2. The van der Waals surface area contributed by atoms with Crippen molar-refractivity contribution in [2.75, 3.05) is 26.2 Å². The van der Waals surface area contributed by atoms with Gasteiger partial charge in [0.15, 0.2) is 5.60 Å². The highest BCUT2D eigenvalue weighted by atomic mass is 16.6. The summed E-state index contributed by atoms with van der Waals surface area (Å²) in [7, 11) is 0. The minimum atomic E-state index is -0.506. The van der Waals surface area contributed by atoms with Crippen LogP contribution in [0.15, 0.2) is 79.0 Å². The van der Waals surface area contributed by atoms with Crippen LogP contribution in [0.2, 0.25) is 0 Å². The zero-order chi connectivity index (χ0) is 21.0. The fraction of sp³-hybridized carbons (Fsp3) is 0.346. The molecule has 0 atom stereocenters. The van der Waals surface area contributed by atoms with E-state index in [1.54, 1.807) is 4.90 Å². The lowest BCUT2D eigenvalue weighted by Crippen LogP contribution is -2.45. The number of rotatable bonds is 6. The minimum Gasteiger partial charge on any atom is -0.436 e. The lowest BCUT2D eigenvalue weighted by molar-refractivity contribution is 0.0175. The predicted octanol–water partition coefficient (Wildman–Crippen LogP) is 5.33. The molecule has 1 amide bonds. The van der Waals surface area contributed by atoms with Gasteiger partial charge in [-0.15, -0.1) is 0 Å². The molecule has 2 aliphatic heterocycles. The van der Waals surface area contributed by atoms with E-state index in [0.29, 0.717) is 6.54 Å². The van der Waals surface area contributed by atoms with E-state index >= 15 is 0 Å². The van der Waals surface area contributed by atoms with E-state index in [2.05, 4.69) is 73.0 Å². The van der Waals surface area contributed by atoms with Gasteiger partial charge in [-0.05, 0) is 23.1 Å². The molecule has 1 spiro atoms. The first-order chi connectivity index (χ1) is 14.6. The molecule has 2 saturated heterocycles. The van der Waals surface area contributed by atoms with Gasteiger partial charge >= 0.3 is 6.09 Å². The first kappa shape index (κ1) is 20.4. The van der Waals surface area contributed by atoms with E-state index in [-0.39, 0.29) is 6.09 Å². The van der Waals surface area contributed by atoms with Crippen LogP contribution in [0.5, 0.6) is 0 Å². The molecule has 4 heteroatoms. The van der Waals surface area contributed by atoms with E-state index in [4.69, 9.17) is 4.74 Å². The van der Waals surface area contributed by atoms with Crippen LogP contribution < -0.4 is 0 Å². The number of nitrogens with zero attached hydrogens (tertiary/aromatic N) is 2. The van der Waals surface area contributed by atoms with Crippen molar-refractivity contribution in [2.45, 2.75) is 31.8 Å². The number of piperidine rings is 1. The van der Waals surface area contributed by atoms with Gasteiger partial charge in [-0.25, -0.2) is 4.79 Å². The van der Waals surface area contributed by atoms with E-state index in [9.17, 15) is 4.79 Å². The molecule has 0 unspecified atom stereocenters. The Labute approximate surface area is 179 Å². The van der Waals surface area contributed by atoms with Crippen molar-refractivity contribution in [3.05, 3.63) is 90.1 Å². The topological polar surface area (TPSA) is 32.8 Å². The summed E-state index contributed by atoms with van der Waals surface area (Å²) >= 11 is 0. The van der Waals surface area contributed by atoms with Crippen molar-refractivity contribution >= 4 is 11.7 Å². The lowest BCUT2D eigenvalue weighted by atomic mass is 9.88. The van der Waals surface area contributed by atoms with Gasteiger partial charge in [-0.2, -0.15) is 0 Å². The van der Waals surface area contributed by atoms with E-state index < -0.39 is 5.60 Å². The summed E-state index contributed by atoms with van der Waals surface area (Å²) < 4.78 is 5.83. The van der Waals surface area contributed by atoms with Crippen LogP contribution in [0.1, 0.15) is 37.3 Å². The number of carbonyl (C=O) groups excluding carboxylic acids is 1. The number of carbonyl (C=O) groups is 1. The van der Waals surface area contributed by atoms with Crippen molar-refractivity contribution in [2.24, 2.45) is 0 Å². The summed E-state index contributed by atoms with van der Waals surface area (Å²) in [5, 5.41) is 0. The third kappa shape index (κ3) is 4.05. The number of ether oxygens (including phenoxy) is 1. The van der Waals surface area contributed by atoms with Crippen LogP contribution in [-0.2, 0) is 4.74 Å². The van der Waals surface area contributed by atoms with Crippen LogP contribution in [0, 0.1) is 0 Å². The third-order valence-corrected chi connectivity index (χ3v) is 6.19. The van der Waals surface area contributed by atoms with Crippen LogP contribution in [0.4, 0.5) is 4.79 Å². The third-order valence-electron chi connectivity index (χ3n) is 6.19. The molecule has 0 aromatic heterocycles. The van der Waals surface area contributed by atoms with Gasteiger partial charge in [0.2, 0.25) is 0 Å². The highest BCUT2D eigenvalue weighted by molar-refractivity contribution is 5.79. The van der Waals surface area contributed by atoms with Gasteiger partial charge in [-0.3, -0.25) is 9.80 Å². The quantitative estimate of drug-likeness (QED) is 0.655. The highest BCUT2D eigenvalue weighted by Crippen LogP contribution is 2.40. The average molecular weight is 403 g/mol. The van der Waals surface area contributed by atoms with Crippen LogP contribution in [-0.4, -0.2) is 47.7 Å². The molecule has 4 nitrogen and oxygen atoms in total. The predicted molar refractivity (Wildman–Crippen MR) is 121 cm³/mol. The molecule has 2 heterocycles. The number of likely N-dealkylation sites (tertiary alicyclic amines) is 1. The molecule has 0 saturated carbocycles. The largest absolute Gasteiger partial charge is 0.436 e. The van der Waals surface area contributed by atoms with E-state index in [0.717, 1.165) is 44.6 Å². The maximum atomic E-state index is 12.3. The Bertz CT molecular complexity index is 871. The summed E-state index contributed by atoms with van der Waals surface area (Å²) in [6.45, 7) is 9.61. The number of benzene rings is 2. The Hall–Kier alpha value is -2.85. The van der Waals surface area contributed by atoms with E-state index in [1.807, 2.05) is 12.1 Å². The van der Waals surface area contributed by atoms with Crippen LogP contribution >= 0.6 is 0 Å². The first-order valence-corrected chi connectivity index (χ1v) is 10.9. The molecule has 0 bridgehead atoms. The zero-order valence-electron chi connectivity index (χ0n) is 17.7. The summed E-state index contributed by atoms with van der Waals surface area (Å²) in [5.41, 5.74) is 4.05. The van der Waals surface area contributed by atoms with Crippen molar-refractivity contribution in [1.29, 1.82) is 0 Å². The van der Waals surface area contributed by atoms with Crippen molar-refractivity contribution in [1.82, 2.24) is 9.80 Å². The van der Waals surface area contributed by atoms with Crippen LogP contribution in [0.3, 0.4) is 0 Å². The molecule has 2 aliphatic rings. The van der Waals surface area contributed by atoms with Gasteiger partial charge in [0.25, 0.3) is 0 Å². The van der Waals surface area contributed by atoms with Gasteiger partial charge in [0, 0.05) is 39.0 Å². The molecule has 0 N–H and O–H groups in total. The Morgan fingerprint density at radius 3 is 2.13 bits per heavy atom. The zero-order valence-corrected chi connectivity index (χ0v) is 17.7. The molecule has 156 valence electrons. The second-order valence-electron chi connectivity index (χ2n) is 8.11. The Kier molecular flexibility index (Phi) is 6.05. The smallest absolute Gasteiger partial charge is 0.415 e. The molecule has 0 aliphatic carbocycles. The average Bonchev–Trinajstić information content (AvgIpc) is 3.01. The van der Waals surface area contributed by atoms with Crippen molar-refractivity contribution in [3.8, 4) is 0 Å². The van der Waals surface area contributed by atoms with Crippen molar-refractivity contribution < 1.29 is 9.53 Å². The van der Waals surface area contributed by atoms with Crippen molar-refractivity contribution in [3.63, 3.8) is 0 Å². The summed E-state index contributed by atoms with van der Waals surface area (Å²) in [4.78, 5) is 16.4. The number of hydrogen-bond donors (Lipinski definition) is 0. The Morgan fingerprint density at radius 2 is 1.60 bits per heavy atom. The monoisotopic (exact) mass is 402 g/mol. The fourth-order valence-corrected chi connectivity index (χ4v) is 4.43. The molecule has 4 rings (SSSR count). The number of amides is 1. The Balaban J connectivity index is 1.46. The second-order valence-corrected chi connectivity index (χ2v) is 8.11. The maximum Gasteiger partial charge on any atom is 0.415 e. The minimum absolute atomic E-state index is 0.231. The van der Waals surface area contributed by atoms with Crippen LogP contribution in [0.25, 0.3) is 5.57 Å². The molecular formula is C26H30N2O2. The summed E-state index contributed by atoms with van der Waals surface area (Å²) in [6, 6.07) is 21.1. The lowest BCUT2D eigenvalue weighted by Gasteiger charge is -2.37. The van der Waals surface area contributed by atoms with Gasteiger partial charge in [0.05, 0.1) is 5.70 Å². The second kappa shape index (κ2) is 8.88. The molecular weight excluding hydrogens is 372 g/mol. The number of hydrogen-bond acceptors (Lipinski definition) is 3. The standard InChI is InChI=1S/C26H30N2O2/c1-3-17-28-21(2)26(30-25(28)29)15-19-27(20-16-26)18-14-24(22-10-6-4-7-11-22)23-12-8-5-9-13-23/h4-14H,2-3,15-20H2,1H3. The summed E-state index contributed by atoms with van der Waals surface area (Å²) in [6.07, 6.45) is 4.60. The molecule has 30 heavy (non-hydrogen) atoms. The highest BCUT2D eigenvalue weighted by Gasteiger charge is 2.49. The van der Waals surface area contributed by atoms with Gasteiger partial charge in [0.1, 0.15) is 0 Å². The summed E-state index contributed by atoms with van der Waals surface area (Å²) in [5.74, 6) is 0. The molecule has 2 aromatic rings. The first-order valence-electron chi connectivity index (χ1n) is 10.9.